The summed E-state index contributed by atoms with van der Waals surface area (Å²) >= 11 is 3.48. The highest BCUT2D eigenvalue weighted by molar-refractivity contribution is 9.10. The van der Waals surface area contributed by atoms with Gasteiger partial charge in [0.15, 0.2) is 0 Å². The molecule has 0 aliphatic heterocycles. The van der Waals surface area contributed by atoms with Gasteiger partial charge in [-0.2, -0.15) is 0 Å². The van der Waals surface area contributed by atoms with Crippen molar-refractivity contribution in [1.82, 2.24) is 4.98 Å². The number of halogens is 1. The number of nitrogens with one attached hydrogen (secondary N) is 2. The Kier molecular flexibility index (Phi) is 5.55. The molecule has 0 saturated heterocycles. The van der Waals surface area contributed by atoms with Gasteiger partial charge in [0, 0.05) is 16.6 Å². The van der Waals surface area contributed by atoms with E-state index in [-0.39, 0.29) is 5.91 Å². The summed E-state index contributed by atoms with van der Waals surface area (Å²) in [5.41, 5.74) is 2.84. The largest absolute Gasteiger partial charge is 0.340 e. The fourth-order valence-corrected chi connectivity index (χ4v) is 2.24. The topological polar surface area (TPSA) is 54.0 Å². The van der Waals surface area contributed by atoms with Crippen molar-refractivity contribution in [1.29, 1.82) is 0 Å². The van der Waals surface area contributed by atoms with Crippen LogP contribution >= 0.6 is 15.9 Å². The third kappa shape index (κ3) is 4.84. The molecule has 0 bridgehead atoms. The maximum absolute atomic E-state index is 11.7. The van der Waals surface area contributed by atoms with E-state index < -0.39 is 0 Å². The normalized spacial score (nSPS) is 10.6. The van der Waals surface area contributed by atoms with Crippen LogP contribution in [0.25, 0.3) is 0 Å². The summed E-state index contributed by atoms with van der Waals surface area (Å²) in [4.78, 5) is 16.0. The summed E-state index contributed by atoms with van der Waals surface area (Å²) in [6.07, 6.45) is 2.17. The van der Waals surface area contributed by atoms with Crippen LogP contribution in [0.3, 0.4) is 0 Å². The number of aryl methyl sites for hydroxylation is 1. The van der Waals surface area contributed by atoms with Gasteiger partial charge in [0.05, 0.1) is 11.9 Å². The highest BCUT2D eigenvalue weighted by Gasteiger charge is 2.06. The van der Waals surface area contributed by atoms with Crippen molar-refractivity contribution < 1.29 is 4.79 Å². The molecule has 1 heterocycles. The quantitative estimate of drug-likeness (QED) is 0.797. The minimum absolute atomic E-state index is 0.0149. The molecule has 4 nitrogen and oxygen atoms in total. The monoisotopic (exact) mass is 361 g/mol. The second-order valence-electron chi connectivity index (χ2n) is 5.67. The second-order valence-corrected chi connectivity index (χ2v) is 6.52. The van der Waals surface area contributed by atoms with Crippen molar-refractivity contribution in [3.8, 4) is 0 Å². The lowest BCUT2D eigenvalue weighted by Crippen LogP contribution is -2.13. The maximum atomic E-state index is 11.7. The Morgan fingerprint density at radius 2 is 1.95 bits per heavy atom. The van der Waals surface area contributed by atoms with Gasteiger partial charge in [-0.3, -0.25) is 4.79 Å². The molecule has 1 aromatic carbocycles. The zero-order valence-corrected chi connectivity index (χ0v) is 14.6. The van der Waals surface area contributed by atoms with Gasteiger partial charge in [0.1, 0.15) is 5.82 Å². The van der Waals surface area contributed by atoms with Crippen LogP contribution in [0.1, 0.15) is 25.8 Å². The highest BCUT2D eigenvalue weighted by Crippen LogP contribution is 2.22. The third-order valence-corrected chi connectivity index (χ3v) is 3.96. The number of pyridine rings is 1. The first-order chi connectivity index (χ1) is 10.4. The molecule has 0 saturated carbocycles. The smallest absolute Gasteiger partial charge is 0.224 e. The molecule has 0 aliphatic rings. The van der Waals surface area contributed by atoms with Gasteiger partial charge in [-0.25, -0.2) is 4.98 Å². The molecule has 22 heavy (non-hydrogen) atoms. The average Bonchev–Trinajstić information content (AvgIpc) is 2.44. The minimum atomic E-state index is 0.0149. The van der Waals surface area contributed by atoms with Crippen molar-refractivity contribution in [2.24, 2.45) is 5.92 Å². The van der Waals surface area contributed by atoms with Crippen molar-refractivity contribution >= 4 is 39.0 Å². The fraction of sp³-hybridized carbons (Fsp3) is 0.294. The predicted octanol–water partition coefficient (Wildman–Crippen LogP) is 4.88. The molecule has 0 unspecified atom stereocenters. The highest BCUT2D eigenvalue weighted by atomic mass is 79.9. The fourth-order valence-electron chi connectivity index (χ4n) is 1.99. The first-order valence-corrected chi connectivity index (χ1v) is 8.02. The van der Waals surface area contributed by atoms with Crippen molar-refractivity contribution in [3.05, 3.63) is 46.6 Å². The van der Waals surface area contributed by atoms with Gasteiger partial charge in [0.25, 0.3) is 0 Å². The van der Waals surface area contributed by atoms with Crippen LogP contribution in [0.2, 0.25) is 0 Å². The Morgan fingerprint density at radius 1 is 1.23 bits per heavy atom. The van der Waals surface area contributed by atoms with Gasteiger partial charge >= 0.3 is 0 Å². The van der Waals surface area contributed by atoms with Crippen LogP contribution in [0.5, 0.6) is 0 Å². The number of benzene rings is 1. The van der Waals surface area contributed by atoms with Crippen molar-refractivity contribution in [2.45, 2.75) is 27.2 Å². The molecule has 0 aliphatic carbocycles. The van der Waals surface area contributed by atoms with E-state index in [2.05, 4.69) is 31.5 Å². The number of amides is 1. The lowest BCUT2D eigenvalue weighted by Gasteiger charge is -2.09. The van der Waals surface area contributed by atoms with E-state index in [1.807, 2.05) is 51.1 Å². The minimum Gasteiger partial charge on any atom is -0.340 e. The molecule has 1 amide bonds. The summed E-state index contributed by atoms with van der Waals surface area (Å²) in [6.45, 7) is 6.08. The number of hydrogen-bond acceptors (Lipinski definition) is 3. The number of anilines is 3. The van der Waals surface area contributed by atoms with Crippen LogP contribution in [0, 0.1) is 12.8 Å². The molecule has 2 aromatic rings. The predicted molar refractivity (Wildman–Crippen MR) is 94.5 cm³/mol. The van der Waals surface area contributed by atoms with Crippen LogP contribution in [-0.2, 0) is 4.79 Å². The number of carbonyl (C=O) groups is 1. The summed E-state index contributed by atoms with van der Waals surface area (Å²) in [6, 6.07) is 9.72. The van der Waals surface area contributed by atoms with Gasteiger partial charge in [-0.1, -0.05) is 29.8 Å². The number of aromatic nitrogens is 1. The number of nitrogens with zero attached hydrogens (tertiary/aromatic N) is 1. The van der Waals surface area contributed by atoms with E-state index in [0.29, 0.717) is 18.0 Å². The van der Waals surface area contributed by atoms with Crippen LogP contribution in [-0.4, -0.2) is 10.9 Å². The van der Waals surface area contributed by atoms with E-state index in [1.54, 1.807) is 6.20 Å². The Bertz CT molecular complexity index is 653. The molecular weight excluding hydrogens is 342 g/mol. The zero-order chi connectivity index (χ0) is 16.1. The molecule has 5 heteroatoms. The standard InChI is InChI=1S/C17H20BrN3O/c1-11(2)8-17(22)21-14-5-7-16(19-10-14)20-13-4-6-15(18)12(3)9-13/h4-7,9-11H,8H2,1-3H3,(H,19,20)(H,21,22). The Balaban J connectivity index is 1.99. The molecule has 2 N–H and O–H groups in total. The first kappa shape index (κ1) is 16.5. The molecule has 116 valence electrons. The van der Waals surface area contributed by atoms with Crippen molar-refractivity contribution in [3.63, 3.8) is 0 Å². The van der Waals surface area contributed by atoms with E-state index in [1.165, 1.54) is 0 Å². The summed E-state index contributed by atoms with van der Waals surface area (Å²) in [7, 11) is 0. The van der Waals surface area contributed by atoms with Crippen LogP contribution in [0.15, 0.2) is 41.0 Å². The van der Waals surface area contributed by atoms with Crippen molar-refractivity contribution in [2.75, 3.05) is 10.6 Å². The number of hydrogen-bond donors (Lipinski definition) is 2. The Morgan fingerprint density at radius 3 is 2.55 bits per heavy atom. The van der Waals surface area contributed by atoms with E-state index in [9.17, 15) is 4.79 Å². The summed E-state index contributed by atoms with van der Waals surface area (Å²) in [5.74, 6) is 1.10. The average molecular weight is 362 g/mol. The zero-order valence-electron chi connectivity index (χ0n) is 13.0. The van der Waals surface area contributed by atoms with Crippen LogP contribution < -0.4 is 10.6 Å². The molecule has 2 rings (SSSR count). The third-order valence-electron chi connectivity index (χ3n) is 3.07. The van der Waals surface area contributed by atoms with Gasteiger partial charge in [0.2, 0.25) is 5.91 Å². The molecular formula is C17H20BrN3O. The molecule has 0 radical (unpaired) electrons. The maximum Gasteiger partial charge on any atom is 0.224 e. The molecule has 0 atom stereocenters. The first-order valence-electron chi connectivity index (χ1n) is 7.23. The Labute approximate surface area is 139 Å². The van der Waals surface area contributed by atoms with Gasteiger partial charge < -0.3 is 10.6 Å². The van der Waals surface area contributed by atoms with E-state index in [4.69, 9.17) is 0 Å². The van der Waals surface area contributed by atoms with E-state index in [0.717, 1.165) is 21.5 Å². The van der Waals surface area contributed by atoms with Crippen LogP contribution in [0.4, 0.5) is 17.2 Å². The molecule has 1 aromatic heterocycles. The molecule has 0 spiro atoms. The molecule has 0 fully saturated rings. The number of carbonyl (C=O) groups excluding carboxylic acids is 1. The lowest BCUT2D eigenvalue weighted by molar-refractivity contribution is -0.116. The second kappa shape index (κ2) is 7.40. The summed E-state index contributed by atoms with van der Waals surface area (Å²) < 4.78 is 1.08. The van der Waals surface area contributed by atoms with Gasteiger partial charge in [-0.05, 0) is 48.7 Å². The SMILES string of the molecule is Cc1cc(Nc2ccc(NC(=O)CC(C)C)cn2)ccc1Br. The Hall–Kier alpha value is -1.88. The van der Waals surface area contributed by atoms with Gasteiger partial charge in [-0.15, -0.1) is 0 Å². The number of rotatable bonds is 5. The van der Waals surface area contributed by atoms with E-state index >= 15 is 0 Å². The summed E-state index contributed by atoms with van der Waals surface area (Å²) in [5, 5.41) is 6.09. The lowest BCUT2D eigenvalue weighted by atomic mass is 10.1.